The summed E-state index contributed by atoms with van der Waals surface area (Å²) in [6.45, 7) is 9.83. The third-order valence-corrected chi connectivity index (χ3v) is 4.65. The number of ether oxygens (including phenoxy) is 1. The zero-order chi connectivity index (χ0) is 24.4. The monoisotopic (exact) mass is 460 g/mol. The molecule has 176 valence electrons. The van der Waals surface area contributed by atoms with Crippen LogP contribution in [0.4, 0.5) is 18.9 Å². The first-order valence-corrected chi connectivity index (χ1v) is 10.5. The van der Waals surface area contributed by atoms with Gasteiger partial charge >= 0.3 is 12.2 Å². The van der Waals surface area contributed by atoms with E-state index in [4.69, 9.17) is 4.74 Å². The van der Waals surface area contributed by atoms with Crippen LogP contribution in [0.2, 0.25) is 0 Å². The molecule has 0 fully saturated rings. The number of aromatic nitrogens is 3. The second-order valence-corrected chi connectivity index (χ2v) is 9.16. The van der Waals surface area contributed by atoms with E-state index >= 15 is 0 Å². The lowest BCUT2D eigenvalue weighted by molar-refractivity contribution is -0.137. The van der Waals surface area contributed by atoms with Crippen LogP contribution in [-0.4, -0.2) is 27.3 Å². The Labute approximate surface area is 190 Å². The van der Waals surface area contributed by atoms with Crippen molar-refractivity contribution in [3.05, 3.63) is 54.1 Å². The van der Waals surface area contributed by atoms with Crippen molar-refractivity contribution in [2.24, 2.45) is 11.3 Å². The summed E-state index contributed by atoms with van der Waals surface area (Å²) < 4.78 is 46.0. The van der Waals surface area contributed by atoms with Crippen LogP contribution in [0, 0.1) is 11.3 Å². The molecular formula is C24H27F3N4O2. The maximum atomic E-state index is 13.0. The average molecular weight is 461 g/mol. The zero-order valence-corrected chi connectivity index (χ0v) is 19.2. The van der Waals surface area contributed by atoms with E-state index in [9.17, 15) is 18.0 Å². The van der Waals surface area contributed by atoms with E-state index in [0.717, 1.165) is 12.1 Å². The van der Waals surface area contributed by atoms with E-state index in [1.54, 1.807) is 24.3 Å². The van der Waals surface area contributed by atoms with Crippen molar-refractivity contribution in [2.75, 3.05) is 11.9 Å². The average Bonchev–Trinajstić information content (AvgIpc) is 3.16. The van der Waals surface area contributed by atoms with Crippen molar-refractivity contribution < 1.29 is 22.7 Å². The van der Waals surface area contributed by atoms with Gasteiger partial charge in [0.2, 0.25) is 5.91 Å². The Hall–Kier alpha value is -3.36. The van der Waals surface area contributed by atoms with E-state index in [-0.39, 0.29) is 17.8 Å². The highest BCUT2D eigenvalue weighted by Crippen LogP contribution is 2.32. The number of carbonyl (C=O) groups is 1. The molecule has 0 radical (unpaired) electrons. The molecule has 0 atom stereocenters. The number of rotatable bonds is 6. The summed E-state index contributed by atoms with van der Waals surface area (Å²) in [7, 11) is 0. The summed E-state index contributed by atoms with van der Waals surface area (Å²) in [6.07, 6.45) is -4.43. The summed E-state index contributed by atoms with van der Waals surface area (Å²) in [5, 5.41) is 7.25. The molecule has 1 heterocycles. The van der Waals surface area contributed by atoms with Gasteiger partial charge in [-0.3, -0.25) is 4.79 Å². The van der Waals surface area contributed by atoms with Crippen LogP contribution in [0.5, 0.6) is 6.01 Å². The first kappa shape index (κ1) is 24.3. The van der Waals surface area contributed by atoms with Gasteiger partial charge in [0.1, 0.15) is 0 Å². The van der Waals surface area contributed by atoms with Crippen molar-refractivity contribution in [2.45, 2.75) is 40.8 Å². The Morgan fingerprint density at radius 1 is 1.03 bits per heavy atom. The number of carbonyl (C=O) groups excluding carboxylic acids is 1. The number of nitrogens with zero attached hydrogens (tertiary/aromatic N) is 3. The fourth-order valence-corrected chi connectivity index (χ4v) is 2.78. The molecule has 2 aromatic carbocycles. The van der Waals surface area contributed by atoms with Crippen LogP contribution in [0.1, 0.15) is 40.2 Å². The van der Waals surface area contributed by atoms with E-state index < -0.39 is 17.2 Å². The number of hydrogen-bond acceptors (Lipinski definition) is 4. The molecule has 3 rings (SSSR count). The molecule has 1 amide bonds. The fraction of sp³-hybridized carbons (Fsp3) is 0.375. The highest BCUT2D eigenvalue weighted by atomic mass is 19.4. The fourth-order valence-electron chi connectivity index (χ4n) is 2.78. The maximum Gasteiger partial charge on any atom is 0.416 e. The molecule has 0 bridgehead atoms. The van der Waals surface area contributed by atoms with E-state index in [0.29, 0.717) is 29.4 Å². The minimum absolute atomic E-state index is 0.120. The van der Waals surface area contributed by atoms with Crippen LogP contribution in [-0.2, 0) is 11.0 Å². The Bertz CT molecular complexity index is 1100. The lowest BCUT2D eigenvalue weighted by Crippen LogP contribution is -2.27. The van der Waals surface area contributed by atoms with Crippen LogP contribution < -0.4 is 10.1 Å². The molecule has 33 heavy (non-hydrogen) atoms. The summed E-state index contributed by atoms with van der Waals surface area (Å²) >= 11 is 0. The first-order chi connectivity index (χ1) is 15.3. The number of alkyl halides is 3. The summed E-state index contributed by atoms with van der Waals surface area (Å²) in [5.41, 5.74) is 0.410. The SMILES string of the molecule is CC(C)COc1nc(-c2ccc(C(F)(F)F)cc2)n(-c2ccc(NC(=O)C(C)(C)C)cc2)n1. The minimum Gasteiger partial charge on any atom is -0.462 e. The predicted octanol–water partition coefficient (Wildman–Crippen LogP) is 5.97. The highest BCUT2D eigenvalue weighted by Gasteiger charge is 2.30. The van der Waals surface area contributed by atoms with Crippen LogP contribution in [0.3, 0.4) is 0 Å². The van der Waals surface area contributed by atoms with Gasteiger partial charge in [-0.05, 0) is 42.3 Å². The lowest BCUT2D eigenvalue weighted by Gasteiger charge is -2.17. The van der Waals surface area contributed by atoms with Gasteiger partial charge in [-0.1, -0.05) is 46.8 Å². The Morgan fingerprint density at radius 3 is 2.15 bits per heavy atom. The summed E-state index contributed by atoms with van der Waals surface area (Å²) in [4.78, 5) is 16.6. The van der Waals surface area contributed by atoms with Crippen LogP contribution in [0.15, 0.2) is 48.5 Å². The molecule has 6 nitrogen and oxygen atoms in total. The van der Waals surface area contributed by atoms with Gasteiger partial charge < -0.3 is 10.1 Å². The van der Waals surface area contributed by atoms with Gasteiger partial charge in [-0.25, -0.2) is 4.68 Å². The molecule has 1 N–H and O–H groups in total. The predicted molar refractivity (Wildman–Crippen MR) is 120 cm³/mol. The van der Waals surface area contributed by atoms with Crippen molar-refractivity contribution in [3.63, 3.8) is 0 Å². The van der Waals surface area contributed by atoms with Gasteiger partial charge in [0, 0.05) is 16.7 Å². The van der Waals surface area contributed by atoms with Crippen molar-refractivity contribution in [1.29, 1.82) is 0 Å². The van der Waals surface area contributed by atoms with Crippen molar-refractivity contribution in [1.82, 2.24) is 14.8 Å². The zero-order valence-electron chi connectivity index (χ0n) is 19.2. The molecule has 9 heteroatoms. The summed E-state index contributed by atoms with van der Waals surface area (Å²) in [6, 6.07) is 11.8. The number of halogens is 3. The number of anilines is 1. The van der Waals surface area contributed by atoms with Gasteiger partial charge in [-0.15, -0.1) is 5.10 Å². The van der Waals surface area contributed by atoms with Crippen LogP contribution >= 0.6 is 0 Å². The van der Waals surface area contributed by atoms with Gasteiger partial charge in [-0.2, -0.15) is 18.2 Å². The van der Waals surface area contributed by atoms with E-state index in [1.807, 2.05) is 34.6 Å². The van der Waals surface area contributed by atoms with Gasteiger partial charge in [0.25, 0.3) is 0 Å². The molecule has 3 aromatic rings. The van der Waals surface area contributed by atoms with E-state index in [1.165, 1.54) is 16.8 Å². The lowest BCUT2D eigenvalue weighted by atomic mass is 9.95. The third-order valence-electron chi connectivity index (χ3n) is 4.65. The second-order valence-electron chi connectivity index (χ2n) is 9.16. The molecule has 0 aliphatic rings. The quantitative estimate of drug-likeness (QED) is 0.492. The molecule has 0 unspecified atom stereocenters. The van der Waals surface area contributed by atoms with Crippen LogP contribution in [0.25, 0.3) is 17.1 Å². The Kier molecular flexibility index (Phi) is 6.81. The number of benzene rings is 2. The van der Waals surface area contributed by atoms with Gasteiger partial charge in [0.15, 0.2) is 5.82 Å². The molecule has 0 spiro atoms. The molecule has 0 aliphatic carbocycles. The van der Waals surface area contributed by atoms with Crippen molar-refractivity contribution >= 4 is 11.6 Å². The van der Waals surface area contributed by atoms with Crippen molar-refractivity contribution in [3.8, 4) is 23.1 Å². The number of nitrogens with one attached hydrogen (secondary N) is 1. The molecule has 0 saturated heterocycles. The normalized spacial score (nSPS) is 12.2. The number of hydrogen-bond donors (Lipinski definition) is 1. The Morgan fingerprint density at radius 2 is 1.64 bits per heavy atom. The highest BCUT2D eigenvalue weighted by molar-refractivity contribution is 5.94. The smallest absolute Gasteiger partial charge is 0.416 e. The Balaban J connectivity index is 1.95. The number of amides is 1. The third kappa shape index (κ3) is 6.12. The first-order valence-electron chi connectivity index (χ1n) is 10.5. The molecule has 0 saturated carbocycles. The topological polar surface area (TPSA) is 69.0 Å². The minimum atomic E-state index is -4.43. The maximum absolute atomic E-state index is 13.0. The summed E-state index contributed by atoms with van der Waals surface area (Å²) in [5.74, 6) is 0.469. The molecular weight excluding hydrogens is 433 g/mol. The second kappa shape index (κ2) is 9.25. The largest absolute Gasteiger partial charge is 0.462 e. The van der Waals surface area contributed by atoms with Gasteiger partial charge in [0.05, 0.1) is 17.9 Å². The molecule has 0 aliphatic heterocycles. The standard InChI is InChI=1S/C24H27F3N4O2/c1-15(2)14-33-22-29-20(16-6-8-17(9-7-16)24(25,26)27)31(30-22)19-12-10-18(11-13-19)28-21(32)23(3,4)5/h6-13,15H,14H2,1-5H3,(H,28,32). The molecule has 1 aromatic heterocycles. The van der Waals surface area contributed by atoms with E-state index in [2.05, 4.69) is 15.4 Å².